The third-order valence-corrected chi connectivity index (χ3v) is 4.33. The molecule has 0 aliphatic carbocycles. The van der Waals surface area contributed by atoms with E-state index in [4.69, 9.17) is 16.3 Å². The number of carbonyl (C=O) groups is 1. The molecular weight excluding hydrogens is 338 g/mol. The second-order valence-electron chi connectivity index (χ2n) is 4.75. The fourth-order valence-corrected chi connectivity index (χ4v) is 3.45. The number of nitrogens with zero attached hydrogens (tertiary/aromatic N) is 2. The molecule has 0 unspecified atom stereocenters. The molecular formula is C15H12ClN3O3S. The van der Waals surface area contributed by atoms with Crippen LogP contribution in [0.15, 0.2) is 24.4 Å². The van der Waals surface area contributed by atoms with Crippen LogP contribution in [0, 0.1) is 6.92 Å². The number of hydrogen-bond acceptors (Lipinski definition) is 6. The van der Waals surface area contributed by atoms with E-state index < -0.39 is 5.91 Å². The van der Waals surface area contributed by atoms with Gasteiger partial charge in [0.1, 0.15) is 0 Å². The summed E-state index contributed by atoms with van der Waals surface area (Å²) in [5.41, 5.74) is 1.57. The van der Waals surface area contributed by atoms with Gasteiger partial charge in [0.25, 0.3) is 5.91 Å². The Hall–Kier alpha value is -2.38. The van der Waals surface area contributed by atoms with E-state index in [-0.39, 0.29) is 17.2 Å². The average molecular weight is 350 g/mol. The number of anilines is 1. The Labute approximate surface area is 140 Å². The molecule has 2 aromatic heterocycles. The highest BCUT2D eigenvalue weighted by atomic mass is 35.5. The monoisotopic (exact) mass is 349 g/mol. The summed E-state index contributed by atoms with van der Waals surface area (Å²) >= 11 is 7.32. The second kappa shape index (κ2) is 6.02. The van der Waals surface area contributed by atoms with Crippen LogP contribution in [0.5, 0.6) is 11.5 Å². The van der Waals surface area contributed by atoms with E-state index >= 15 is 0 Å². The molecule has 0 saturated carbocycles. The van der Waals surface area contributed by atoms with E-state index in [9.17, 15) is 9.90 Å². The number of hydrogen-bond donors (Lipinski definition) is 2. The lowest BCUT2D eigenvalue weighted by atomic mass is 10.2. The number of rotatable bonds is 3. The number of aromatic hydroxyl groups is 1. The molecule has 0 saturated heterocycles. The van der Waals surface area contributed by atoms with Crippen molar-refractivity contribution in [2.45, 2.75) is 6.92 Å². The molecule has 0 spiro atoms. The van der Waals surface area contributed by atoms with E-state index in [1.807, 2.05) is 13.0 Å². The van der Waals surface area contributed by atoms with Crippen LogP contribution in [-0.4, -0.2) is 28.1 Å². The van der Waals surface area contributed by atoms with Crippen molar-refractivity contribution in [3.8, 4) is 11.5 Å². The van der Waals surface area contributed by atoms with Crippen LogP contribution in [0.1, 0.15) is 16.1 Å². The molecule has 1 aromatic carbocycles. The number of amides is 1. The molecule has 2 N–H and O–H groups in total. The van der Waals surface area contributed by atoms with Gasteiger partial charge in [-0.3, -0.25) is 10.1 Å². The Morgan fingerprint density at radius 3 is 2.96 bits per heavy atom. The van der Waals surface area contributed by atoms with Crippen molar-refractivity contribution >= 4 is 44.2 Å². The summed E-state index contributed by atoms with van der Waals surface area (Å²) in [5, 5.41) is 13.6. The first-order chi connectivity index (χ1) is 11.0. The minimum Gasteiger partial charge on any atom is -0.503 e. The van der Waals surface area contributed by atoms with E-state index in [2.05, 4.69) is 15.3 Å². The highest BCUT2D eigenvalue weighted by Crippen LogP contribution is 2.32. The zero-order valence-corrected chi connectivity index (χ0v) is 13.8. The lowest BCUT2D eigenvalue weighted by molar-refractivity contribution is 0.101. The number of benzene rings is 1. The van der Waals surface area contributed by atoms with Crippen molar-refractivity contribution in [3.63, 3.8) is 0 Å². The van der Waals surface area contributed by atoms with Crippen LogP contribution in [0.3, 0.4) is 0 Å². The molecule has 3 aromatic rings. The largest absolute Gasteiger partial charge is 0.503 e. The van der Waals surface area contributed by atoms with Gasteiger partial charge in [0, 0.05) is 17.3 Å². The fraction of sp³-hybridized carbons (Fsp3) is 0.133. The summed E-state index contributed by atoms with van der Waals surface area (Å²) in [6.07, 6.45) is 1.38. The van der Waals surface area contributed by atoms with Gasteiger partial charge in [0.2, 0.25) is 0 Å². The lowest BCUT2D eigenvalue weighted by Crippen LogP contribution is -2.13. The van der Waals surface area contributed by atoms with Crippen LogP contribution in [0.2, 0.25) is 5.02 Å². The molecule has 6 nitrogen and oxygen atoms in total. The van der Waals surface area contributed by atoms with Gasteiger partial charge < -0.3 is 9.84 Å². The van der Waals surface area contributed by atoms with Crippen LogP contribution in [0.25, 0.3) is 10.2 Å². The summed E-state index contributed by atoms with van der Waals surface area (Å²) in [7, 11) is 1.40. The molecule has 3 rings (SSSR count). The Balaban J connectivity index is 1.93. The second-order valence-corrected chi connectivity index (χ2v) is 6.22. The molecule has 0 bridgehead atoms. The number of aromatic nitrogens is 2. The number of pyridine rings is 1. The van der Waals surface area contributed by atoms with Gasteiger partial charge in [-0.1, -0.05) is 22.9 Å². The molecule has 118 valence electrons. The molecule has 0 aliphatic heterocycles. The van der Waals surface area contributed by atoms with Crippen molar-refractivity contribution in [1.82, 2.24) is 9.97 Å². The highest BCUT2D eigenvalue weighted by molar-refractivity contribution is 7.22. The van der Waals surface area contributed by atoms with Crippen LogP contribution >= 0.6 is 22.9 Å². The van der Waals surface area contributed by atoms with Gasteiger partial charge in [-0.2, -0.15) is 0 Å². The number of ether oxygens (including phenoxy) is 1. The fourth-order valence-electron chi connectivity index (χ4n) is 2.13. The third kappa shape index (κ3) is 2.93. The number of thiazole rings is 1. The maximum atomic E-state index is 12.3. The molecule has 1 amide bonds. The first kappa shape index (κ1) is 15.5. The normalized spacial score (nSPS) is 10.7. The molecule has 0 atom stereocenters. The Bertz CT molecular complexity index is 910. The minimum absolute atomic E-state index is 0.127. The lowest BCUT2D eigenvalue weighted by Gasteiger charge is -2.06. The maximum Gasteiger partial charge on any atom is 0.280 e. The number of nitrogens with one attached hydrogen (secondary N) is 1. The predicted octanol–water partition coefficient (Wildman–Crippen LogP) is 3.62. The molecule has 2 heterocycles. The van der Waals surface area contributed by atoms with Gasteiger partial charge in [0.15, 0.2) is 22.3 Å². The number of fused-ring (bicyclic) bond motifs is 1. The van der Waals surface area contributed by atoms with Crippen molar-refractivity contribution in [2.75, 3.05) is 12.4 Å². The Kier molecular flexibility index (Phi) is 4.06. The molecule has 23 heavy (non-hydrogen) atoms. The van der Waals surface area contributed by atoms with Gasteiger partial charge in [-0.25, -0.2) is 9.97 Å². The zero-order chi connectivity index (χ0) is 16.6. The smallest absolute Gasteiger partial charge is 0.280 e. The molecule has 0 aliphatic rings. The summed E-state index contributed by atoms with van der Waals surface area (Å²) in [6.45, 7) is 1.90. The van der Waals surface area contributed by atoms with Crippen LogP contribution < -0.4 is 10.1 Å². The third-order valence-electron chi connectivity index (χ3n) is 3.19. The average Bonchev–Trinajstić information content (AvgIpc) is 2.90. The van der Waals surface area contributed by atoms with Gasteiger partial charge in [-0.15, -0.1) is 0 Å². The number of halogens is 1. The number of methoxy groups -OCH3 is 1. The zero-order valence-electron chi connectivity index (χ0n) is 12.3. The van der Waals surface area contributed by atoms with Crippen molar-refractivity contribution < 1.29 is 14.6 Å². The van der Waals surface area contributed by atoms with E-state index in [0.29, 0.717) is 10.2 Å². The van der Waals surface area contributed by atoms with E-state index in [1.54, 1.807) is 6.07 Å². The summed E-state index contributed by atoms with van der Waals surface area (Å²) in [4.78, 5) is 20.5. The van der Waals surface area contributed by atoms with Gasteiger partial charge >= 0.3 is 0 Å². The van der Waals surface area contributed by atoms with Gasteiger partial charge in [0.05, 0.1) is 17.3 Å². The van der Waals surface area contributed by atoms with Crippen LogP contribution in [-0.2, 0) is 0 Å². The van der Waals surface area contributed by atoms with E-state index in [1.165, 1.54) is 30.7 Å². The molecule has 0 fully saturated rings. The molecule has 0 radical (unpaired) electrons. The van der Waals surface area contributed by atoms with Crippen molar-refractivity contribution in [2.24, 2.45) is 0 Å². The maximum absolute atomic E-state index is 12.3. The first-order valence-corrected chi connectivity index (χ1v) is 7.79. The summed E-state index contributed by atoms with van der Waals surface area (Å²) < 4.78 is 5.83. The summed E-state index contributed by atoms with van der Waals surface area (Å²) in [6, 6.07) is 5.07. The molecule has 8 heteroatoms. The minimum atomic E-state index is -0.566. The standard InChI is InChI=1S/C15H12ClN3O3S/c1-7-5-8(16)6-10-11(7)18-15(23-10)19-14(21)12-13(20)9(22-2)3-4-17-12/h3-6,20H,1-2H3,(H,18,19,21). The van der Waals surface area contributed by atoms with Crippen molar-refractivity contribution in [3.05, 3.63) is 40.7 Å². The van der Waals surface area contributed by atoms with Gasteiger partial charge in [-0.05, 0) is 24.6 Å². The highest BCUT2D eigenvalue weighted by Gasteiger charge is 2.18. The quantitative estimate of drug-likeness (QED) is 0.754. The SMILES string of the molecule is COc1ccnc(C(=O)Nc2nc3c(C)cc(Cl)cc3s2)c1O. The Morgan fingerprint density at radius 2 is 2.22 bits per heavy atom. The van der Waals surface area contributed by atoms with Crippen LogP contribution in [0.4, 0.5) is 5.13 Å². The van der Waals surface area contributed by atoms with Crippen molar-refractivity contribution in [1.29, 1.82) is 0 Å². The first-order valence-electron chi connectivity index (χ1n) is 6.59. The number of aryl methyl sites for hydroxylation is 1. The number of carbonyl (C=O) groups excluding carboxylic acids is 1. The summed E-state index contributed by atoms with van der Waals surface area (Å²) in [5.74, 6) is -0.700. The van der Waals surface area contributed by atoms with E-state index in [0.717, 1.165) is 15.8 Å². The topological polar surface area (TPSA) is 84.3 Å². The predicted molar refractivity (Wildman–Crippen MR) is 89.8 cm³/mol. The Morgan fingerprint density at radius 1 is 1.43 bits per heavy atom.